The number of aromatic nitrogens is 2. The standard InChI is InChI=1S/C25H27ClN4O2/c1-15(2)11-12-30-17(4)21(22(27-25(30)31)18-8-6-10-20(26)14-18)24-28-23(29-32-24)19-9-5-7-16(3)13-19/h5-10,13-15,22H,11-12H2,1-4H3,(H,27,31). The van der Waals surface area contributed by atoms with E-state index < -0.39 is 6.04 Å². The predicted molar refractivity (Wildman–Crippen MR) is 126 cm³/mol. The normalized spacial score (nSPS) is 16.6. The van der Waals surface area contributed by atoms with Crippen molar-refractivity contribution in [2.75, 3.05) is 6.54 Å². The Hall–Kier alpha value is -3.12. The number of aryl methyl sites for hydroxylation is 1. The van der Waals surface area contributed by atoms with Crippen molar-refractivity contribution in [3.63, 3.8) is 0 Å². The average Bonchev–Trinajstić information content (AvgIpc) is 3.22. The fraction of sp³-hybridized carbons (Fsp3) is 0.320. The molecule has 2 amide bonds. The van der Waals surface area contributed by atoms with Gasteiger partial charge in [-0.25, -0.2) is 4.79 Å². The summed E-state index contributed by atoms with van der Waals surface area (Å²) in [6, 6.07) is 14.8. The predicted octanol–water partition coefficient (Wildman–Crippen LogP) is 6.24. The van der Waals surface area contributed by atoms with Crippen LogP contribution in [0.2, 0.25) is 5.02 Å². The topological polar surface area (TPSA) is 71.3 Å². The second-order valence-electron chi connectivity index (χ2n) is 8.56. The number of amides is 2. The maximum Gasteiger partial charge on any atom is 0.322 e. The molecule has 0 fully saturated rings. The van der Waals surface area contributed by atoms with E-state index in [9.17, 15) is 4.79 Å². The summed E-state index contributed by atoms with van der Waals surface area (Å²) in [5.41, 5.74) is 4.44. The van der Waals surface area contributed by atoms with Gasteiger partial charge in [0, 0.05) is 22.8 Å². The molecule has 0 radical (unpaired) electrons. The summed E-state index contributed by atoms with van der Waals surface area (Å²) in [6.07, 6.45) is 0.887. The van der Waals surface area contributed by atoms with Gasteiger partial charge in [0.15, 0.2) is 0 Å². The number of hydrogen-bond donors (Lipinski definition) is 1. The Kier molecular flexibility index (Phi) is 6.33. The molecule has 0 saturated heterocycles. The number of benzene rings is 2. The van der Waals surface area contributed by atoms with Gasteiger partial charge in [-0.05, 0) is 49.9 Å². The number of carbonyl (C=O) groups is 1. The Morgan fingerprint density at radius 2 is 1.94 bits per heavy atom. The van der Waals surface area contributed by atoms with Crippen LogP contribution in [0.3, 0.4) is 0 Å². The van der Waals surface area contributed by atoms with Crippen LogP contribution in [0.15, 0.2) is 58.8 Å². The summed E-state index contributed by atoms with van der Waals surface area (Å²) < 4.78 is 5.73. The van der Waals surface area contributed by atoms with Gasteiger partial charge in [0.25, 0.3) is 5.89 Å². The fourth-order valence-corrected chi connectivity index (χ4v) is 4.08. The molecule has 1 aromatic heterocycles. The van der Waals surface area contributed by atoms with Crippen LogP contribution in [0.5, 0.6) is 0 Å². The third kappa shape index (κ3) is 4.55. The highest BCUT2D eigenvalue weighted by molar-refractivity contribution is 6.30. The molecule has 1 aliphatic heterocycles. The number of nitrogens with one attached hydrogen (secondary N) is 1. The smallest absolute Gasteiger partial charge is 0.322 e. The van der Waals surface area contributed by atoms with Crippen molar-refractivity contribution >= 4 is 23.2 Å². The number of halogens is 1. The largest absolute Gasteiger partial charge is 0.334 e. The Balaban J connectivity index is 1.80. The molecule has 2 aromatic carbocycles. The zero-order valence-electron chi connectivity index (χ0n) is 18.7. The van der Waals surface area contributed by atoms with Gasteiger partial charge in [-0.15, -0.1) is 0 Å². The van der Waals surface area contributed by atoms with E-state index >= 15 is 0 Å². The first-order valence-electron chi connectivity index (χ1n) is 10.8. The molecule has 1 atom stereocenters. The number of carbonyl (C=O) groups excluding carboxylic acids is 1. The lowest BCUT2D eigenvalue weighted by Gasteiger charge is -2.35. The Labute approximate surface area is 193 Å². The molecule has 1 N–H and O–H groups in total. The van der Waals surface area contributed by atoms with E-state index in [2.05, 4.69) is 24.3 Å². The molecule has 1 unspecified atom stereocenters. The average molecular weight is 451 g/mol. The lowest BCUT2D eigenvalue weighted by atomic mass is 9.94. The van der Waals surface area contributed by atoms with Crippen LogP contribution >= 0.6 is 11.6 Å². The first-order chi connectivity index (χ1) is 15.3. The minimum absolute atomic E-state index is 0.143. The second-order valence-corrected chi connectivity index (χ2v) is 9.00. The van der Waals surface area contributed by atoms with Crippen LogP contribution in [0, 0.1) is 12.8 Å². The fourth-order valence-electron chi connectivity index (χ4n) is 3.89. The lowest BCUT2D eigenvalue weighted by molar-refractivity contribution is 0.202. The van der Waals surface area contributed by atoms with E-state index in [-0.39, 0.29) is 6.03 Å². The number of hydrogen-bond acceptors (Lipinski definition) is 4. The SMILES string of the molecule is CC1=C(c2nc(-c3cccc(C)c3)no2)C(c2cccc(Cl)c2)NC(=O)N1CCC(C)C. The first kappa shape index (κ1) is 22.1. The van der Waals surface area contributed by atoms with E-state index in [0.717, 1.165) is 34.4 Å². The Bertz CT molecular complexity index is 1170. The third-order valence-electron chi connectivity index (χ3n) is 5.64. The number of urea groups is 1. The molecule has 6 nitrogen and oxygen atoms in total. The molecule has 4 rings (SSSR count). The summed E-state index contributed by atoms with van der Waals surface area (Å²) in [5.74, 6) is 1.37. The van der Waals surface area contributed by atoms with Crippen molar-refractivity contribution in [2.45, 2.75) is 40.2 Å². The first-order valence-corrected chi connectivity index (χ1v) is 11.2. The molecule has 0 spiro atoms. The number of allylic oxidation sites excluding steroid dienone is 1. The number of nitrogens with zero attached hydrogens (tertiary/aromatic N) is 3. The van der Waals surface area contributed by atoms with Crippen molar-refractivity contribution in [1.29, 1.82) is 0 Å². The molecular weight excluding hydrogens is 424 g/mol. The summed E-state index contributed by atoms with van der Waals surface area (Å²) in [4.78, 5) is 19.5. The van der Waals surface area contributed by atoms with Crippen LogP contribution in [0.25, 0.3) is 17.0 Å². The molecule has 166 valence electrons. The lowest BCUT2D eigenvalue weighted by Crippen LogP contribution is -2.46. The van der Waals surface area contributed by atoms with Gasteiger partial charge in [-0.3, -0.25) is 4.90 Å². The van der Waals surface area contributed by atoms with E-state index in [4.69, 9.17) is 21.1 Å². The second kappa shape index (κ2) is 9.17. The molecule has 32 heavy (non-hydrogen) atoms. The van der Waals surface area contributed by atoms with Gasteiger partial charge >= 0.3 is 6.03 Å². The zero-order valence-corrected chi connectivity index (χ0v) is 19.5. The van der Waals surface area contributed by atoms with E-state index in [1.807, 2.05) is 62.4 Å². The Morgan fingerprint density at radius 3 is 2.66 bits per heavy atom. The maximum absolute atomic E-state index is 13.0. The highest BCUT2D eigenvalue weighted by Gasteiger charge is 2.35. The number of rotatable bonds is 6. The highest BCUT2D eigenvalue weighted by Crippen LogP contribution is 2.38. The summed E-state index contributed by atoms with van der Waals surface area (Å²) >= 11 is 6.25. The van der Waals surface area contributed by atoms with Gasteiger partial charge in [-0.1, -0.05) is 66.5 Å². The van der Waals surface area contributed by atoms with Crippen LogP contribution in [0.4, 0.5) is 4.79 Å². The minimum atomic E-state index is -0.442. The van der Waals surface area contributed by atoms with Gasteiger partial charge in [0.1, 0.15) is 0 Å². The van der Waals surface area contributed by atoms with Crippen molar-refractivity contribution in [3.05, 3.63) is 76.3 Å². The summed E-state index contributed by atoms with van der Waals surface area (Å²) in [6.45, 7) is 8.85. The quantitative estimate of drug-likeness (QED) is 0.482. The molecule has 0 saturated carbocycles. The van der Waals surface area contributed by atoms with Gasteiger partial charge < -0.3 is 9.84 Å². The third-order valence-corrected chi connectivity index (χ3v) is 5.88. The van der Waals surface area contributed by atoms with E-state index in [1.54, 1.807) is 4.90 Å². The molecule has 3 aromatic rings. The summed E-state index contributed by atoms with van der Waals surface area (Å²) in [5, 5.41) is 7.94. The maximum atomic E-state index is 13.0. The van der Waals surface area contributed by atoms with E-state index in [0.29, 0.717) is 29.2 Å². The van der Waals surface area contributed by atoms with Crippen LogP contribution in [-0.2, 0) is 0 Å². The molecule has 2 heterocycles. The van der Waals surface area contributed by atoms with Crippen LogP contribution < -0.4 is 5.32 Å². The highest BCUT2D eigenvalue weighted by atomic mass is 35.5. The van der Waals surface area contributed by atoms with Gasteiger partial charge in [0.2, 0.25) is 5.82 Å². The van der Waals surface area contributed by atoms with E-state index in [1.165, 1.54) is 0 Å². The van der Waals surface area contributed by atoms with Crippen LogP contribution in [0.1, 0.15) is 50.3 Å². The van der Waals surface area contributed by atoms with Crippen molar-refractivity contribution in [2.24, 2.45) is 5.92 Å². The summed E-state index contributed by atoms with van der Waals surface area (Å²) in [7, 11) is 0. The van der Waals surface area contributed by atoms with Crippen molar-refractivity contribution < 1.29 is 9.32 Å². The monoisotopic (exact) mass is 450 g/mol. The molecular formula is C25H27ClN4O2. The van der Waals surface area contributed by atoms with Gasteiger partial charge in [0.05, 0.1) is 11.6 Å². The molecule has 1 aliphatic rings. The molecule has 7 heteroatoms. The Morgan fingerprint density at radius 1 is 1.16 bits per heavy atom. The molecule has 0 bridgehead atoms. The van der Waals surface area contributed by atoms with Crippen molar-refractivity contribution in [1.82, 2.24) is 20.4 Å². The van der Waals surface area contributed by atoms with Gasteiger partial charge in [-0.2, -0.15) is 4.98 Å². The molecule has 0 aliphatic carbocycles. The minimum Gasteiger partial charge on any atom is -0.334 e. The zero-order chi connectivity index (χ0) is 22.8. The van der Waals surface area contributed by atoms with Crippen molar-refractivity contribution in [3.8, 4) is 11.4 Å². The van der Waals surface area contributed by atoms with Crippen LogP contribution in [-0.4, -0.2) is 27.6 Å².